The molecule has 1 aliphatic carbocycles. The van der Waals surface area contributed by atoms with Crippen molar-refractivity contribution in [1.82, 2.24) is 10.4 Å². The zero-order valence-corrected chi connectivity index (χ0v) is 11.0. The van der Waals surface area contributed by atoms with Crippen LogP contribution in [0.1, 0.15) is 44.3 Å². The second-order valence-corrected chi connectivity index (χ2v) is 5.44. The molecule has 3 N–H and O–H groups in total. The van der Waals surface area contributed by atoms with E-state index in [4.69, 9.17) is 17.4 Å². The molecule has 4 heteroatoms. The molecule has 1 unspecified atom stereocenters. The van der Waals surface area contributed by atoms with Crippen LogP contribution in [0, 0.1) is 11.8 Å². The Morgan fingerprint density at radius 1 is 1.41 bits per heavy atom. The number of nitrogens with one attached hydrogen (secondary N) is 1. The summed E-state index contributed by atoms with van der Waals surface area (Å²) in [5, 5.41) is 0.703. The summed E-state index contributed by atoms with van der Waals surface area (Å²) in [7, 11) is 0. The predicted molar refractivity (Wildman–Crippen MR) is 70.4 cm³/mol. The summed E-state index contributed by atoms with van der Waals surface area (Å²) < 4.78 is 0. The minimum absolute atomic E-state index is 0.0798. The molecule has 1 fully saturated rings. The highest BCUT2D eigenvalue weighted by molar-refractivity contribution is 6.31. The van der Waals surface area contributed by atoms with Crippen molar-refractivity contribution >= 4 is 11.6 Å². The quantitative estimate of drug-likeness (QED) is 0.643. The first-order valence-corrected chi connectivity index (χ1v) is 6.66. The molecule has 1 heterocycles. The second-order valence-electron chi connectivity index (χ2n) is 5.03. The Labute approximate surface area is 108 Å². The molecule has 1 aliphatic rings. The number of hydrogen-bond donors (Lipinski definition) is 2. The molecule has 0 amide bonds. The molecule has 94 valence electrons. The summed E-state index contributed by atoms with van der Waals surface area (Å²) in [5.41, 5.74) is 3.78. The number of nitrogens with zero attached hydrogens (tertiary/aromatic N) is 1. The molecule has 1 aromatic heterocycles. The fourth-order valence-corrected chi connectivity index (χ4v) is 2.92. The molecule has 0 spiro atoms. The smallest absolute Gasteiger partial charge is 0.0775 e. The van der Waals surface area contributed by atoms with Gasteiger partial charge in [0.1, 0.15) is 0 Å². The molecular formula is C13H20ClN3. The van der Waals surface area contributed by atoms with Crippen LogP contribution in [-0.4, -0.2) is 4.98 Å². The maximum absolute atomic E-state index is 6.19. The third-order valence-electron chi connectivity index (χ3n) is 3.79. The maximum Gasteiger partial charge on any atom is 0.0775 e. The number of hydrogen-bond acceptors (Lipinski definition) is 3. The highest BCUT2D eigenvalue weighted by Crippen LogP contribution is 2.37. The number of aromatic nitrogens is 1. The van der Waals surface area contributed by atoms with E-state index in [2.05, 4.69) is 17.3 Å². The lowest BCUT2D eigenvalue weighted by Gasteiger charge is -2.32. The normalized spacial score (nSPS) is 26.8. The molecular weight excluding hydrogens is 234 g/mol. The zero-order chi connectivity index (χ0) is 12.3. The van der Waals surface area contributed by atoms with Gasteiger partial charge in [0, 0.05) is 6.20 Å². The van der Waals surface area contributed by atoms with Gasteiger partial charge in [-0.15, -0.1) is 0 Å². The Balaban J connectivity index is 2.14. The van der Waals surface area contributed by atoms with Crippen LogP contribution in [0.25, 0.3) is 0 Å². The molecule has 0 aliphatic heterocycles. The van der Waals surface area contributed by atoms with Crippen molar-refractivity contribution in [2.45, 2.75) is 38.6 Å². The van der Waals surface area contributed by atoms with Crippen LogP contribution < -0.4 is 11.3 Å². The number of halogens is 1. The minimum Gasteiger partial charge on any atom is -0.271 e. The van der Waals surface area contributed by atoms with E-state index in [0.717, 1.165) is 11.6 Å². The van der Waals surface area contributed by atoms with Crippen molar-refractivity contribution in [3.63, 3.8) is 0 Å². The van der Waals surface area contributed by atoms with Crippen molar-refractivity contribution in [2.75, 3.05) is 0 Å². The van der Waals surface area contributed by atoms with Crippen molar-refractivity contribution in [3.8, 4) is 0 Å². The highest BCUT2D eigenvalue weighted by Gasteiger charge is 2.28. The Kier molecular flexibility index (Phi) is 4.37. The van der Waals surface area contributed by atoms with Gasteiger partial charge in [-0.05, 0) is 36.8 Å². The van der Waals surface area contributed by atoms with Gasteiger partial charge in [0.25, 0.3) is 0 Å². The standard InChI is InChI=1S/C13H20ClN3/c1-9-4-6-10(7-5-9)12(17-15)13-11(14)3-2-8-16-13/h2-3,8-10,12,17H,4-7,15H2,1H3. The zero-order valence-electron chi connectivity index (χ0n) is 10.2. The summed E-state index contributed by atoms with van der Waals surface area (Å²) in [6.45, 7) is 2.31. The van der Waals surface area contributed by atoms with Gasteiger partial charge >= 0.3 is 0 Å². The Morgan fingerprint density at radius 2 is 2.12 bits per heavy atom. The lowest BCUT2D eigenvalue weighted by molar-refractivity contribution is 0.230. The van der Waals surface area contributed by atoms with E-state index in [9.17, 15) is 0 Å². The van der Waals surface area contributed by atoms with E-state index < -0.39 is 0 Å². The monoisotopic (exact) mass is 253 g/mol. The van der Waals surface area contributed by atoms with Crippen LogP contribution in [0.3, 0.4) is 0 Å². The van der Waals surface area contributed by atoms with E-state index in [1.54, 1.807) is 6.20 Å². The lowest BCUT2D eigenvalue weighted by atomic mass is 9.78. The molecule has 0 radical (unpaired) electrons. The van der Waals surface area contributed by atoms with Gasteiger partial charge in [0.15, 0.2) is 0 Å². The SMILES string of the molecule is CC1CCC(C(NN)c2ncccc2Cl)CC1. The fourth-order valence-electron chi connectivity index (χ4n) is 2.68. The largest absolute Gasteiger partial charge is 0.271 e. The first-order valence-electron chi connectivity index (χ1n) is 6.29. The molecule has 1 saturated carbocycles. The number of nitrogens with two attached hydrogens (primary N) is 1. The van der Waals surface area contributed by atoms with E-state index in [0.29, 0.717) is 10.9 Å². The van der Waals surface area contributed by atoms with Gasteiger partial charge in [-0.3, -0.25) is 16.3 Å². The first kappa shape index (κ1) is 12.8. The topological polar surface area (TPSA) is 50.9 Å². The summed E-state index contributed by atoms with van der Waals surface area (Å²) in [6.07, 6.45) is 6.71. The average Bonchev–Trinajstić information content (AvgIpc) is 2.35. The van der Waals surface area contributed by atoms with Crippen molar-refractivity contribution in [2.24, 2.45) is 17.7 Å². The molecule has 3 nitrogen and oxygen atoms in total. The summed E-state index contributed by atoms with van der Waals surface area (Å²) in [4.78, 5) is 4.37. The van der Waals surface area contributed by atoms with Crippen LogP contribution in [0.2, 0.25) is 5.02 Å². The molecule has 0 bridgehead atoms. The van der Waals surface area contributed by atoms with Gasteiger partial charge in [-0.25, -0.2) is 0 Å². The van der Waals surface area contributed by atoms with Crippen LogP contribution in [-0.2, 0) is 0 Å². The Bertz CT molecular complexity index is 361. The minimum atomic E-state index is 0.0798. The van der Waals surface area contributed by atoms with Crippen molar-refractivity contribution < 1.29 is 0 Å². The van der Waals surface area contributed by atoms with Gasteiger partial charge in [0.05, 0.1) is 16.8 Å². The maximum atomic E-state index is 6.19. The van der Waals surface area contributed by atoms with Crippen molar-refractivity contribution in [1.29, 1.82) is 0 Å². The van der Waals surface area contributed by atoms with Gasteiger partial charge < -0.3 is 0 Å². The van der Waals surface area contributed by atoms with E-state index in [1.165, 1.54) is 25.7 Å². The number of pyridine rings is 1. The fraction of sp³-hybridized carbons (Fsp3) is 0.615. The van der Waals surface area contributed by atoms with Crippen LogP contribution in [0.4, 0.5) is 0 Å². The average molecular weight is 254 g/mol. The predicted octanol–water partition coefficient (Wildman–Crippen LogP) is 3.07. The third kappa shape index (κ3) is 2.97. The first-order chi connectivity index (χ1) is 8.22. The number of rotatable bonds is 3. The molecule has 17 heavy (non-hydrogen) atoms. The molecule has 2 rings (SSSR count). The van der Waals surface area contributed by atoms with Crippen LogP contribution >= 0.6 is 11.6 Å². The van der Waals surface area contributed by atoms with Gasteiger partial charge in [-0.1, -0.05) is 31.4 Å². The van der Waals surface area contributed by atoms with Crippen molar-refractivity contribution in [3.05, 3.63) is 29.0 Å². The number of hydrazine groups is 1. The summed E-state index contributed by atoms with van der Waals surface area (Å²) in [6, 6.07) is 3.80. The molecule has 0 saturated heterocycles. The lowest BCUT2D eigenvalue weighted by Crippen LogP contribution is -2.36. The Hall–Kier alpha value is -0.640. The molecule has 0 aromatic carbocycles. The third-order valence-corrected chi connectivity index (χ3v) is 4.11. The van der Waals surface area contributed by atoms with E-state index in [1.807, 2.05) is 12.1 Å². The molecule has 1 atom stereocenters. The summed E-state index contributed by atoms with van der Waals surface area (Å²) in [5.74, 6) is 7.07. The van der Waals surface area contributed by atoms with Gasteiger partial charge in [-0.2, -0.15) is 0 Å². The molecule has 1 aromatic rings. The second kappa shape index (κ2) is 5.80. The van der Waals surface area contributed by atoms with Gasteiger partial charge in [0.2, 0.25) is 0 Å². The van der Waals surface area contributed by atoms with E-state index in [-0.39, 0.29) is 6.04 Å². The highest BCUT2D eigenvalue weighted by atomic mass is 35.5. The summed E-state index contributed by atoms with van der Waals surface area (Å²) >= 11 is 6.19. The Morgan fingerprint density at radius 3 is 2.71 bits per heavy atom. The van der Waals surface area contributed by atoms with Crippen LogP contribution in [0.15, 0.2) is 18.3 Å². The van der Waals surface area contributed by atoms with Crippen LogP contribution in [0.5, 0.6) is 0 Å². The van der Waals surface area contributed by atoms with E-state index >= 15 is 0 Å².